The fraction of sp³-hybridized carbons (Fsp3) is 1.00. The van der Waals surface area contributed by atoms with Gasteiger partial charge in [0.05, 0.1) is 0 Å². The molecule has 0 heterocycles. The Bertz CT molecular complexity index is 242. The summed E-state index contributed by atoms with van der Waals surface area (Å²) >= 11 is 8.70. The molecular formula is C8H23O6P2S2Zn. The van der Waals surface area contributed by atoms with E-state index in [1.807, 2.05) is 0 Å². The molecule has 0 aromatic heterocycles. The quantitative estimate of drug-likeness (QED) is 0.300. The smallest absolute Gasteiger partial charge is 0.319 e. The van der Waals surface area contributed by atoms with Crippen molar-refractivity contribution >= 4 is 37.1 Å². The van der Waals surface area contributed by atoms with Gasteiger partial charge in [0.25, 0.3) is 0 Å². The minimum absolute atomic E-state index is 1.06. The van der Waals surface area contributed by atoms with Crippen molar-refractivity contribution in [2.45, 2.75) is 44.5 Å². The molecule has 0 radical (unpaired) electrons. The van der Waals surface area contributed by atoms with Crippen LogP contribution >= 0.6 is 13.4 Å². The molecule has 0 amide bonds. The van der Waals surface area contributed by atoms with Crippen LogP contribution < -0.4 is 0 Å². The van der Waals surface area contributed by atoms with Crippen LogP contribution in [0.4, 0.5) is 0 Å². The van der Waals surface area contributed by atoms with Gasteiger partial charge in [0, 0.05) is 0 Å². The van der Waals surface area contributed by atoms with Crippen molar-refractivity contribution < 1.29 is 47.7 Å². The summed E-state index contributed by atoms with van der Waals surface area (Å²) < 4.78 is 0. The summed E-state index contributed by atoms with van der Waals surface area (Å²) in [6, 6.07) is 0. The van der Waals surface area contributed by atoms with Crippen molar-refractivity contribution in [2.75, 3.05) is 0 Å². The van der Waals surface area contributed by atoms with Crippen molar-refractivity contribution in [1.82, 2.24) is 0 Å². The third-order valence-corrected chi connectivity index (χ3v) is 3.66. The third-order valence-electron chi connectivity index (χ3n) is 1.95. The molecule has 0 aliphatic rings. The average molecular weight is 407 g/mol. The first-order chi connectivity index (χ1) is 8.35. The topological polar surface area (TPSA) is 121 Å². The summed E-state index contributed by atoms with van der Waals surface area (Å²) in [6.45, 7) is -3.02. The van der Waals surface area contributed by atoms with Crippen LogP contribution in [-0.4, -0.2) is 29.4 Å². The van der Waals surface area contributed by atoms with E-state index in [1.54, 1.807) is 0 Å². The summed E-state index contributed by atoms with van der Waals surface area (Å²) in [4.78, 5) is 45.3. The first kappa shape index (κ1) is 25.6. The van der Waals surface area contributed by atoms with Crippen LogP contribution in [0.3, 0.4) is 0 Å². The summed E-state index contributed by atoms with van der Waals surface area (Å²) in [5, 5.41) is 1.50. The molecule has 0 saturated carbocycles. The van der Waals surface area contributed by atoms with Crippen LogP contribution in [-0.2, 0) is 41.9 Å². The standard InChI is InChI=1S/C8H17.2H3O3PS.Zn/c1-4-6-7-8(3)5-2;2*1-4(2,3)5;/h8H,3-7H2,1-2H3;2*(H3,1,2,3,5);. The molecule has 0 fully saturated rings. The minimum atomic E-state index is -3.81. The molecule has 1 atom stereocenters. The SMILES string of the molecule is CCCCC(CC)[CH2][Zn].OP(O)(O)=S.OP(O)(O)=S. The van der Waals surface area contributed by atoms with E-state index in [0.29, 0.717) is 0 Å². The number of hydrogen-bond acceptors (Lipinski definition) is 2. The first-order valence-electron chi connectivity index (χ1n) is 5.70. The van der Waals surface area contributed by atoms with E-state index in [1.165, 1.54) is 49.0 Å². The molecule has 0 aliphatic carbocycles. The molecule has 0 spiro atoms. The summed E-state index contributed by atoms with van der Waals surface area (Å²) in [6.07, 6.45) is 5.70. The third kappa shape index (κ3) is 65.6. The zero-order valence-corrected chi connectivity index (χ0v) is 17.6. The maximum absolute atomic E-state index is 7.56. The number of rotatable bonds is 5. The van der Waals surface area contributed by atoms with Crippen LogP contribution in [0.15, 0.2) is 0 Å². The summed E-state index contributed by atoms with van der Waals surface area (Å²) in [5.74, 6) is 1.06. The van der Waals surface area contributed by atoms with Gasteiger partial charge in [-0.1, -0.05) is 0 Å². The molecule has 0 bridgehead atoms. The van der Waals surface area contributed by atoms with Crippen molar-refractivity contribution in [2.24, 2.45) is 5.92 Å². The minimum Gasteiger partial charge on any atom is -0.325 e. The van der Waals surface area contributed by atoms with Crippen molar-refractivity contribution in [1.29, 1.82) is 0 Å². The molecule has 0 rings (SSSR count). The largest absolute Gasteiger partial charge is 0.325 e. The van der Waals surface area contributed by atoms with Gasteiger partial charge < -0.3 is 29.4 Å². The Morgan fingerprint density at radius 1 is 0.947 bits per heavy atom. The van der Waals surface area contributed by atoms with Gasteiger partial charge in [-0.05, 0) is 23.6 Å². The predicted octanol–water partition coefficient (Wildman–Crippen LogP) is 1.54. The van der Waals surface area contributed by atoms with Gasteiger partial charge >= 0.3 is 82.2 Å². The molecule has 6 nitrogen and oxygen atoms in total. The van der Waals surface area contributed by atoms with Gasteiger partial charge in [0.2, 0.25) is 0 Å². The molecule has 6 N–H and O–H groups in total. The average Bonchev–Trinajstić information content (AvgIpc) is 2.14. The van der Waals surface area contributed by atoms with E-state index >= 15 is 0 Å². The molecule has 0 saturated heterocycles. The maximum Gasteiger partial charge on any atom is 0.319 e. The van der Waals surface area contributed by atoms with Crippen molar-refractivity contribution in [3.8, 4) is 0 Å². The molecular weight excluding hydrogens is 384 g/mol. The van der Waals surface area contributed by atoms with E-state index in [0.717, 1.165) is 5.92 Å². The summed E-state index contributed by atoms with van der Waals surface area (Å²) in [7, 11) is 0. The van der Waals surface area contributed by atoms with E-state index in [9.17, 15) is 0 Å². The van der Waals surface area contributed by atoms with Crippen molar-refractivity contribution in [3.63, 3.8) is 0 Å². The monoisotopic (exact) mass is 405 g/mol. The van der Waals surface area contributed by atoms with Crippen molar-refractivity contribution in [3.05, 3.63) is 0 Å². The predicted molar refractivity (Wildman–Crippen MR) is 80.0 cm³/mol. The molecule has 19 heavy (non-hydrogen) atoms. The van der Waals surface area contributed by atoms with Gasteiger partial charge in [-0.2, -0.15) is 0 Å². The van der Waals surface area contributed by atoms with E-state index in [2.05, 4.69) is 37.5 Å². The summed E-state index contributed by atoms with van der Waals surface area (Å²) in [5.41, 5.74) is 0. The number of unbranched alkanes of at least 4 members (excludes halogenated alkanes) is 1. The second kappa shape index (κ2) is 14.6. The fourth-order valence-electron chi connectivity index (χ4n) is 1.05. The van der Waals surface area contributed by atoms with E-state index in [-0.39, 0.29) is 0 Å². The molecule has 0 aromatic rings. The molecule has 0 aromatic carbocycles. The molecule has 1 unspecified atom stereocenters. The van der Waals surface area contributed by atoms with Gasteiger partial charge in [0.1, 0.15) is 0 Å². The van der Waals surface area contributed by atoms with Gasteiger partial charge in [-0.15, -0.1) is 0 Å². The second-order valence-electron chi connectivity index (χ2n) is 3.73. The van der Waals surface area contributed by atoms with Crippen LogP contribution in [0, 0.1) is 5.92 Å². The Morgan fingerprint density at radius 2 is 1.26 bits per heavy atom. The zero-order chi connectivity index (χ0) is 16.1. The maximum atomic E-state index is 7.56. The Labute approximate surface area is 135 Å². The Morgan fingerprint density at radius 3 is 1.42 bits per heavy atom. The van der Waals surface area contributed by atoms with Crippen LogP contribution in [0.2, 0.25) is 5.02 Å². The fourth-order valence-corrected chi connectivity index (χ4v) is 2.51. The zero-order valence-electron chi connectivity index (χ0n) is 11.2. The van der Waals surface area contributed by atoms with Gasteiger partial charge in [-0.25, -0.2) is 0 Å². The van der Waals surface area contributed by atoms with Gasteiger partial charge in [0.15, 0.2) is 0 Å². The van der Waals surface area contributed by atoms with Gasteiger partial charge in [-0.3, -0.25) is 0 Å². The first-order valence-corrected chi connectivity index (χ1v) is 13.1. The Hall–Kier alpha value is 1.68. The van der Waals surface area contributed by atoms with Crippen LogP contribution in [0.5, 0.6) is 0 Å². The molecule has 0 aliphatic heterocycles. The Kier molecular flexibility index (Phi) is 19.7. The Balaban J connectivity index is -0.000000219. The van der Waals surface area contributed by atoms with Crippen LogP contribution in [0.25, 0.3) is 0 Å². The van der Waals surface area contributed by atoms with Crippen LogP contribution in [0.1, 0.15) is 39.5 Å². The van der Waals surface area contributed by atoms with E-state index < -0.39 is 13.4 Å². The number of hydrogen-bond donors (Lipinski definition) is 6. The normalized spacial score (nSPS) is 12.7. The van der Waals surface area contributed by atoms with E-state index in [4.69, 9.17) is 29.4 Å². The second-order valence-corrected chi connectivity index (χ2v) is 9.94. The molecule has 11 heteroatoms. The molecule has 115 valence electrons.